The molecule has 0 aliphatic carbocycles. The molecule has 9 heavy (non-hydrogen) atoms. The molecule has 0 aromatic carbocycles. The van der Waals surface area contributed by atoms with E-state index in [1.165, 1.54) is 0 Å². The number of hydrogen-bond acceptors (Lipinski definition) is 3. The van der Waals surface area contributed by atoms with Gasteiger partial charge in [0.2, 0.25) is 0 Å². The van der Waals surface area contributed by atoms with Crippen LogP contribution in [0.2, 0.25) is 0 Å². The second-order valence-corrected chi connectivity index (χ2v) is 1.67. The van der Waals surface area contributed by atoms with Crippen LogP contribution in [0.4, 0.5) is 0 Å². The first-order valence-corrected chi connectivity index (χ1v) is 2.93. The van der Waals surface area contributed by atoms with Gasteiger partial charge in [0.1, 0.15) is 0 Å². The predicted octanol–water partition coefficient (Wildman–Crippen LogP) is -0.584. The molecule has 0 rings (SSSR count). The summed E-state index contributed by atoms with van der Waals surface area (Å²) in [6, 6.07) is 0. The maximum absolute atomic E-state index is 8.42. The lowest BCUT2D eigenvalue weighted by Gasteiger charge is -2.15. The Kier molecular flexibility index (Phi) is 5.26. The zero-order valence-corrected chi connectivity index (χ0v) is 5.45. The van der Waals surface area contributed by atoms with Crippen LogP contribution in [-0.4, -0.2) is 41.4 Å². The average Bonchev–Trinajstić information content (AvgIpc) is 1.88. The van der Waals surface area contributed by atoms with Gasteiger partial charge < -0.3 is 15.1 Å². The summed E-state index contributed by atoms with van der Waals surface area (Å²) < 4.78 is 0. The number of nitrogens with zero attached hydrogens (tertiary/aromatic N) is 1. The summed E-state index contributed by atoms with van der Waals surface area (Å²) >= 11 is 0. The highest BCUT2D eigenvalue weighted by Gasteiger charge is 1.92. The van der Waals surface area contributed by atoms with Crippen LogP contribution in [-0.2, 0) is 0 Å². The highest BCUT2D eigenvalue weighted by molar-refractivity contribution is 4.69. The van der Waals surface area contributed by atoms with E-state index in [2.05, 4.69) is 6.58 Å². The highest BCUT2D eigenvalue weighted by Crippen LogP contribution is 1.84. The fourth-order valence-electron chi connectivity index (χ4n) is 0.551. The molecule has 0 aliphatic heterocycles. The van der Waals surface area contributed by atoms with Crippen LogP contribution in [0.3, 0.4) is 0 Å². The Labute approximate surface area is 55.2 Å². The average molecular weight is 131 g/mol. The highest BCUT2D eigenvalue weighted by atomic mass is 16.3. The minimum atomic E-state index is 0.103. The van der Waals surface area contributed by atoms with Gasteiger partial charge in [-0.3, -0.25) is 0 Å². The van der Waals surface area contributed by atoms with Crippen molar-refractivity contribution in [2.75, 3.05) is 26.3 Å². The summed E-state index contributed by atoms with van der Waals surface area (Å²) in [6.45, 7) is 4.80. The minimum Gasteiger partial charge on any atom is -0.395 e. The van der Waals surface area contributed by atoms with Crippen molar-refractivity contribution in [1.29, 1.82) is 0 Å². The molecule has 0 amide bonds. The molecule has 2 N–H and O–H groups in total. The van der Waals surface area contributed by atoms with Crippen LogP contribution in [0.1, 0.15) is 0 Å². The Hall–Kier alpha value is -0.540. The monoisotopic (exact) mass is 131 g/mol. The fraction of sp³-hybridized carbons (Fsp3) is 0.667. The van der Waals surface area contributed by atoms with E-state index < -0.39 is 0 Å². The SMILES string of the molecule is C=CN(CCO)CCO. The molecule has 0 aromatic rings. The van der Waals surface area contributed by atoms with Crippen molar-refractivity contribution in [3.63, 3.8) is 0 Å². The van der Waals surface area contributed by atoms with Gasteiger partial charge >= 0.3 is 0 Å². The Balaban J connectivity index is 3.29. The molecule has 3 nitrogen and oxygen atoms in total. The van der Waals surface area contributed by atoms with E-state index in [0.717, 1.165) is 0 Å². The Morgan fingerprint density at radius 2 is 1.67 bits per heavy atom. The van der Waals surface area contributed by atoms with Crippen molar-refractivity contribution < 1.29 is 10.2 Å². The van der Waals surface area contributed by atoms with Crippen molar-refractivity contribution in [3.8, 4) is 0 Å². The van der Waals surface area contributed by atoms with E-state index >= 15 is 0 Å². The van der Waals surface area contributed by atoms with Gasteiger partial charge in [-0.05, 0) is 6.20 Å². The van der Waals surface area contributed by atoms with Crippen molar-refractivity contribution in [2.24, 2.45) is 0 Å². The van der Waals surface area contributed by atoms with E-state index in [9.17, 15) is 0 Å². The van der Waals surface area contributed by atoms with Gasteiger partial charge in [0.25, 0.3) is 0 Å². The molecule has 0 bridgehead atoms. The van der Waals surface area contributed by atoms with Gasteiger partial charge in [-0.15, -0.1) is 0 Å². The molecule has 0 unspecified atom stereocenters. The van der Waals surface area contributed by atoms with E-state index in [0.29, 0.717) is 13.1 Å². The third-order valence-corrected chi connectivity index (χ3v) is 1.03. The largest absolute Gasteiger partial charge is 0.395 e. The molecule has 54 valence electrons. The quantitative estimate of drug-likeness (QED) is 0.524. The van der Waals surface area contributed by atoms with Crippen LogP contribution < -0.4 is 0 Å². The van der Waals surface area contributed by atoms with Crippen molar-refractivity contribution >= 4 is 0 Å². The minimum absolute atomic E-state index is 0.103. The fourth-order valence-corrected chi connectivity index (χ4v) is 0.551. The maximum atomic E-state index is 8.42. The molecular formula is C6H13NO2. The molecule has 0 aromatic heterocycles. The zero-order valence-electron chi connectivity index (χ0n) is 5.45. The molecule has 0 heterocycles. The van der Waals surface area contributed by atoms with Gasteiger partial charge in [-0.2, -0.15) is 0 Å². The summed E-state index contributed by atoms with van der Waals surface area (Å²) in [5, 5.41) is 16.8. The zero-order chi connectivity index (χ0) is 7.11. The first-order chi connectivity index (χ1) is 4.35. The van der Waals surface area contributed by atoms with Gasteiger partial charge in [-0.1, -0.05) is 6.58 Å². The summed E-state index contributed by atoms with van der Waals surface area (Å²) in [6.07, 6.45) is 1.60. The Morgan fingerprint density at radius 1 is 1.22 bits per heavy atom. The van der Waals surface area contributed by atoms with Crippen molar-refractivity contribution in [1.82, 2.24) is 4.90 Å². The summed E-state index contributed by atoms with van der Waals surface area (Å²) in [5.74, 6) is 0. The summed E-state index contributed by atoms with van der Waals surface area (Å²) in [7, 11) is 0. The molecular weight excluding hydrogens is 118 g/mol. The second kappa shape index (κ2) is 5.59. The molecule has 0 saturated heterocycles. The van der Waals surface area contributed by atoms with Gasteiger partial charge in [0.15, 0.2) is 0 Å². The van der Waals surface area contributed by atoms with Gasteiger partial charge in [0.05, 0.1) is 13.2 Å². The smallest absolute Gasteiger partial charge is 0.0606 e. The van der Waals surface area contributed by atoms with Crippen LogP contribution in [0.15, 0.2) is 12.8 Å². The van der Waals surface area contributed by atoms with Crippen LogP contribution in [0.5, 0.6) is 0 Å². The summed E-state index contributed by atoms with van der Waals surface area (Å²) in [4.78, 5) is 1.75. The predicted molar refractivity (Wildman–Crippen MR) is 35.9 cm³/mol. The lowest BCUT2D eigenvalue weighted by atomic mass is 10.5. The Morgan fingerprint density at radius 3 is 1.89 bits per heavy atom. The molecule has 0 atom stereocenters. The van der Waals surface area contributed by atoms with Gasteiger partial charge in [0, 0.05) is 13.1 Å². The lowest BCUT2D eigenvalue weighted by Crippen LogP contribution is -2.23. The summed E-state index contributed by atoms with van der Waals surface area (Å²) in [5.41, 5.74) is 0. The third-order valence-electron chi connectivity index (χ3n) is 1.03. The van der Waals surface area contributed by atoms with E-state index in [4.69, 9.17) is 10.2 Å². The number of aliphatic hydroxyl groups excluding tert-OH is 2. The number of hydrogen-bond donors (Lipinski definition) is 2. The number of aliphatic hydroxyl groups is 2. The normalized spacial score (nSPS) is 9.11. The standard InChI is InChI=1S/C6H13NO2/c1-2-7(3-5-8)4-6-9/h2,8-9H,1,3-6H2. The number of rotatable bonds is 5. The van der Waals surface area contributed by atoms with Crippen molar-refractivity contribution in [2.45, 2.75) is 0 Å². The topological polar surface area (TPSA) is 43.7 Å². The van der Waals surface area contributed by atoms with Crippen LogP contribution in [0, 0.1) is 0 Å². The maximum Gasteiger partial charge on any atom is 0.0606 e. The second-order valence-electron chi connectivity index (χ2n) is 1.67. The Bertz CT molecular complexity index is 69.5. The molecule has 0 aliphatic rings. The first-order valence-electron chi connectivity index (χ1n) is 2.93. The first kappa shape index (κ1) is 8.46. The lowest BCUT2D eigenvalue weighted by molar-refractivity contribution is 0.199. The van der Waals surface area contributed by atoms with Crippen LogP contribution >= 0.6 is 0 Å². The van der Waals surface area contributed by atoms with E-state index in [1.54, 1.807) is 11.1 Å². The van der Waals surface area contributed by atoms with Crippen LogP contribution in [0.25, 0.3) is 0 Å². The molecule has 0 radical (unpaired) electrons. The molecule has 3 heteroatoms. The molecule has 0 spiro atoms. The molecule has 0 fully saturated rings. The third kappa shape index (κ3) is 4.00. The van der Waals surface area contributed by atoms with E-state index in [1.807, 2.05) is 0 Å². The van der Waals surface area contributed by atoms with E-state index in [-0.39, 0.29) is 13.2 Å². The molecule has 0 saturated carbocycles. The van der Waals surface area contributed by atoms with Gasteiger partial charge in [-0.25, -0.2) is 0 Å². The van der Waals surface area contributed by atoms with Crippen molar-refractivity contribution in [3.05, 3.63) is 12.8 Å².